The van der Waals surface area contributed by atoms with Crippen LogP contribution in [0.5, 0.6) is 0 Å². The Morgan fingerprint density at radius 3 is 2.78 bits per heavy atom. The van der Waals surface area contributed by atoms with Crippen LogP contribution in [0.3, 0.4) is 0 Å². The van der Waals surface area contributed by atoms with Crippen molar-refractivity contribution >= 4 is 63.0 Å². The van der Waals surface area contributed by atoms with E-state index in [-0.39, 0.29) is 0 Å². The fourth-order valence-corrected chi connectivity index (χ4v) is 3.28. The minimum atomic E-state index is 0.517. The van der Waals surface area contributed by atoms with Gasteiger partial charge in [-0.2, -0.15) is 8.75 Å². The summed E-state index contributed by atoms with van der Waals surface area (Å²) in [6.45, 7) is 0.595. The lowest BCUT2D eigenvalue weighted by Crippen LogP contribution is -2.01. The molecular weight excluding hydrogens is 311 g/mol. The molecule has 2 heterocycles. The molecule has 0 saturated carbocycles. The maximum Gasteiger partial charge on any atom is 0.130 e. The molecule has 3 aromatic rings. The Labute approximate surface area is 121 Å². The number of halogens is 2. The fourth-order valence-electron chi connectivity index (χ4n) is 1.55. The molecule has 2 aromatic heterocycles. The van der Waals surface area contributed by atoms with Gasteiger partial charge in [-0.3, -0.25) is 0 Å². The van der Waals surface area contributed by atoms with Crippen molar-refractivity contribution in [3.8, 4) is 0 Å². The molecule has 0 bridgehead atoms. The van der Waals surface area contributed by atoms with Gasteiger partial charge in [0, 0.05) is 5.38 Å². The van der Waals surface area contributed by atoms with E-state index < -0.39 is 0 Å². The van der Waals surface area contributed by atoms with Gasteiger partial charge in [0.05, 0.1) is 45.2 Å². The molecule has 0 fully saturated rings. The molecule has 8 heteroatoms. The number of thiazole rings is 1. The number of aromatic nitrogens is 3. The average Bonchev–Trinajstić information content (AvgIpc) is 2.98. The molecule has 0 amide bonds. The number of fused-ring (bicyclic) bond motifs is 1. The summed E-state index contributed by atoms with van der Waals surface area (Å²) in [5.41, 5.74) is 4.88. The van der Waals surface area contributed by atoms with Crippen LogP contribution in [-0.2, 0) is 6.54 Å². The largest absolute Gasteiger partial charge is 0.376 e. The Morgan fingerprint density at radius 2 is 2.00 bits per heavy atom. The summed E-state index contributed by atoms with van der Waals surface area (Å²) < 4.78 is 8.37. The molecule has 1 N–H and O–H groups in total. The molecule has 0 unspecified atom stereocenters. The minimum absolute atomic E-state index is 0.517. The summed E-state index contributed by atoms with van der Waals surface area (Å²) in [4.78, 5) is 4.20. The zero-order valence-corrected chi connectivity index (χ0v) is 12.0. The number of hydrogen-bond acceptors (Lipinski definition) is 6. The summed E-state index contributed by atoms with van der Waals surface area (Å²) >= 11 is 14.9. The molecule has 0 radical (unpaired) electrons. The van der Waals surface area contributed by atoms with Gasteiger partial charge in [-0.1, -0.05) is 23.2 Å². The van der Waals surface area contributed by atoms with Crippen LogP contribution in [0.1, 0.15) is 5.69 Å². The molecule has 3 rings (SSSR count). The molecule has 0 aliphatic carbocycles. The van der Waals surface area contributed by atoms with Crippen molar-refractivity contribution in [1.82, 2.24) is 13.7 Å². The van der Waals surface area contributed by atoms with Gasteiger partial charge in [-0.15, -0.1) is 11.3 Å². The van der Waals surface area contributed by atoms with Crippen LogP contribution >= 0.6 is 46.3 Å². The molecular formula is C10H6Cl2N4S2. The minimum Gasteiger partial charge on any atom is -0.376 e. The van der Waals surface area contributed by atoms with Gasteiger partial charge in [0.15, 0.2) is 0 Å². The molecule has 0 spiro atoms. The first-order valence-electron chi connectivity index (χ1n) is 4.97. The molecule has 92 valence electrons. The van der Waals surface area contributed by atoms with E-state index in [1.807, 2.05) is 5.38 Å². The van der Waals surface area contributed by atoms with Gasteiger partial charge in [0.25, 0.3) is 0 Å². The van der Waals surface area contributed by atoms with Crippen molar-refractivity contribution in [2.45, 2.75) is 6.54 Å². The van der Waals surface area contributed by atoms with Crippen LogP contribution in [0.25, 0.3) is 11.0 Å². The van der Waals surface area contributed by atoms with Crippen LogP contribution in [0.2, 0.25) is 10.0 Å². The summed E-state index contributed by atoms with van der Waals surface area (Å²) in [5.74, 6) is 0. The Bertz CT molecular complexity index is 681. The van der Waals surface area contributed by atoms with Gasteiger partial charge in [0.2, 0.25) is 0 Å². The molecule has 4 nitrogen and oxygen atoms in total. The summed E-state index contributed by atoms with van der Waals surface area (Å²) in [6.07, 6.45) is 0. The van der Waals surface area contributed by atoms with E-state index >= 15 is 0 Å². The monoisotopic (exact) mass is 316 g/mol. The third-order valence-corrected chi connectivity index (χ3v) is 4.12. The zero-order valence-electron chi connectivity index (χ0n) is 8.85. The molecule has 0 aliphatic rings. The van der Waals surface area contributed by atoms with E-state index in [1.165, 1.54) is 0 Å². The first-order chi connectivity index (χ1) is 8.75. The SMILES string of the molecule is Clc1cc(Cl)c2nsnc2c1NCc1cscn1. The average molecular weight is 317 g/mol. The van der Waals surface area contributed by atoms with Gasteiger partial charge < -0.3 is 5.32 Å². The number of anilines is 1. The fraction of sp³-hybridized carbons (Fsp3) is 0.100. The Kier molecular flexibility index (Phi) is 3.34. The standard InChI is InChI=1S/C10H6Cl2N4S2/c11-6-1-7(12)9-10(16-18-15-9)8(6)13-2-5-3-17-4-14-5/h1,3-4,13H,2H2. The highest BCUT2D eigenvalue weighted by molar-refractivity contribution is 7.07. The quantitative estimate of drug-likeness (QED) is 0.791. The summed E-state index contributed by atoms with van der Waals surface area (Å²) in [5, 5.41) is 6.26. The smallest absolute Gasteiger partial charge is 0.130 e. The topological polar surface area (TPSA) is 50.7 Å². The number of benzene rings is 1. The number of nitrogens with zero attached hydrogens (tertiary/aromatic N) is 3. The molecule has 18 heavy (non-hydrogen) atoms. The van der Waals surface area contributed by atoms with E-state index in [9.17, 15) is 0 Å². The molecule has 0 atom stereocenters. The lowest BCUT2D eigenvalue weighted by atomic mass is 10.2. The highest BCUT2D eigenvalue weighted by Gasteiger charge is 2.13. The van der Waals surface area contributed by atoms with Gasteiger partial charge in [0.1, 0.15) is 11.0 Å². The van der Waals surface area contributed by atoms with Crippen LogP contribution < -0.4 is 5.32 Å². The summed E-state index contributed by atoms with van der Waals surface area (Å²) in [7, 11) is 0. The van der Waals surface area contributed by atoms with Crippen LogP contribution in [-0.4, -0.2) is 13.7 Å². The Balaban J connectivity index is 1.98. The van der Waals surface area contributed by atoms with E-state index in [4.69, 9.17) is 23.2 Å². The highest BCUT2D eigenvalue weighted by Crippen LogP contribution is 2.35. The maximum absolute atomic E-state index is 6.18. The third kappa shape index (κ3) is 2.16. The maximum atomic E-state index is 6.18. The van der Waals surface area contributed by atoms with Crippen molar-refractivity contribution in [3.05, 3.63) is 32.7 Å². The van der Waals surface area contributed by atoms with Crippen molar-refractivity contribution in [2.75, 3.05) is 5.32 Å². The van der Waals surface area contributed by atoms with Crippen molar-refractivity contribution in [2.24, 2.45) is 0 Å². The Morgan fingerprint density at radius 1 is 1.17 bits per heavy atom. The first-order valence-corrected chi connectivity index (χ1v) is 7.40. The number of nitrogens with one attached hydrogen (secondary N) is 1. The van der Waals surface area contributed by atoms with Crippen LogP contribution in [0.15, 0.2) is 17.0 Å². The number of hydrogen-bond donors (Lipinski definition) is 1. The zero-order chi connectivity index (χ0) is 12.5. The van der Waals surface area contributed by atoms with E-state index in [2.05, 4.69) is 19.0 Å². The van der Waals surface area contributed by atoms with E-state index in [0.29, 0.717) is 27.6 Å². The lowest BCUT2D eigenvalue weighted by molar-refractivity contribution is 1.08. The van der Waals surface area contributed by atoms with Crippen molar-refractivity contribution in [1.29, 1.82) is 0 Å². The summed E-state index contributed by atoms with van der Waals surface area (Å²) in [6, 6.07) is 1.68. The molecule has 0 aliphatic heterocycles. The second-order valence-electron chi connectivity index (χ2n) is 3.51. The second kappa shape index (κ2) is 4.97. The first kappa shape index (κ1) is 12.1. The van der Waals surface area contributed by atoms with Crippen LogP contribution in [0.4, 0.5) is 5.69 Å². The van der Waals surface area contributed by atoms with E-state index in [1.54, 1.807) is 22.9 Å². The predicted octanol–water partition coefficient (Wildman–Crippen LogP) is 4.07. The second-order valence-corrected chi connectivity index (χ2v) is 5.57. The van der Waals surface area contributed by atoms with Gasteiger partial charge >= 0.3 is 0 Å². The highest BCUT2D eigenvalue weighted by atomic mass is 35.5. The normalized spacial score (nSPS) is 11.0. The number of rotatable bonds is 3. The Hall–Kier alpha value is -0.950. The van der Waals surface area contributed by atoms with Crippen molar-refractivity contribution < 1.29 is 0 Å². The predicted molar refractivity (Wildman–Crippen MR) is 76.9 cm³/mol. The van der Waals surface area contributed by atoms with Gasteiger partial charge in [-0.05, 0) is 6.07 Å². The van der Waals surface area contributed by atoms with Crippen LogP contribution in [0, 0.1) is 0 Å². The molecule has 0 saturated heterocycles. The van der Waals surface area contributed by atoms with E-state index in [0.717, 1.165) is 23.1 Å². The third-order valence-electron chi connectivity index (χ3n) is 2.37. The lowest BCUT2D eigenvalue weighted by Gasteiger charge is -2.08. The van der Waals surface area contributed by atoms with Gasteiger partial charge in [-0.25, -0.2) is 4.98 Å². The van der Waals surface area contributed by atoms with Crippen molar-refractivity contribution in [3.63, 3.8) is 0 Å². The molecule has 1 aromatic carbocycles.